The van der Waals surface area contributed by atoms with Crippen molar-refractivity contribution in [2.45, 2.75) is 31.1 Å². The van der Waals surface area contributed by atoms with E-state index >= 15 is 0 Å². The molecule has 5 N–H and O–H groups in total. The fourth-order valence-electron chi connectivity index (χ4n) is 3.09. The third-order valence-electron chi connectivity index (χ3n) is 4.50. The summed E-state index contributed by atoms with van der Waals surface area (Å²) in [7, 11) is 1.38. The third kappa shape index (κ3) is 3.01. The zero-order valence-electron chi connectivity index (χ0n) is 14.8. The van der Waals surface area contributed by atoms with E-state index in [9.17, 15) is 20.4 Å². The van der Waals surface area contributed by atoms with Crippen molar-refractivity contribution in [1.82, 2.24) is 19.5 Å². The van der Waals surface area contributed by atoms with Crippen LogP contribution in [0, 0.1) is 0 Å². The number of aliphatic hydroxyl groups is 3. The number of fused-ring (bicyclic) bond motifs is 1. The summed E-state index contributed by atoms with van der Waals surface area (Å²) in [6, 6.07) is 1.42. The number of nitrogens with one attached hydrogen (secondary N) is 1. The molecule has 0 spiro atoms. The van der Waals surface area contributed by atoms with Crippen molar-refractivity contribution in [2.75, 3.05) is 19.0 Å². The Morgan fingerprint density at radius 1 is 1.25 bits per heavy atom. The van der Waals surface area contributed by atoms with Crippen LogP contribution in [0.5, 0.6) is 11.7 Å². The summed E-state index contributed by atoms with van der Waals surface area (Å²) in [5.74, 6) is 0.716. The standard InChI is InChI=1S/C16H19N5O7/c1-26-16-8(23)2-7(27-16)3-17-13-10-14(19-5-18-13)21(6-20-10)15-12(25)11(24)9(4-22)28-15/h2,5-6,9,11-12,15,22-25H,3-4H2,1H3,(H,17,18,19)/t9-,11-,12+,15?/m1/s1. The smallest absolute Gasteiger partial charge is 0.328 e. The van der Waals surface area contributed by atoms with Crippen LogP contribution < -0.4 is 10.1 Å². The Morgan fingerprint density at radius 2 is 2.07 bits per heavy atom. The zero-order chi connectivity index (χ0) is 19.8. The first-order valence-electron chi connectivity index (χ1n) is 8.43. The molecule has 1 fully saturated rings. The first-order valence-corrected chi connectivity index (χ1v) is 8.43. The lowest BCUT2D eigenvalue weighted by atomic mass is 10.1. The molecule has 0 radical (unpaired) electrons. The second-order valence-corrected chi connectivity index (χ2v) is 6.22. The molecule has 4 heterocycles. The van der Waals surface area contributed by atoms with E-state index in [1.807, 2.05) is 0 Å². The number of hydrogen-bond donors (Lipinski definition) is 5. The maximum atomic E-state index is 10.2. The van der Waals surface area contributed by atoms with Gasteiger partial charge in [-0.15, -0.1) is 0 Å². The Bertz CT molecular complexity index is 974. The van der Waals surface area contributed by atoms with Crippen LogP contribution in [-0.2, 0) is 11.3 Å². The van der Waals surface area contributed by atoms with Gasteiger partial charge in [0.15, 0.2) is 23.2 Å². The molecular weight excluding hydrogens is 374 g/mol. The highest BCUT2D eigenvalue weighted by Gasteiger charge is 2.44. The molecule has 0 saturated carbocycles. The second-order valence-electron chi connectivity index (χ2n) is 6.22. The van der Waals surface area contributed by atoms with Crippen molar-refractivity contribution in [2.24, 2.45) is 0 Å². The Morgan fingerprint density at radius 3 is 2.75 bits per heavy atom. The van der Waals surface area contributed by atoms with Gasteiger partial charge in [-0.1, -0.05) is 0 Å². The van der Waals surface area contributed by atoms with Crippen LogP contribution in [0.3, 0.4) is 0 Å². The summed E-state index contributed by atoms with van der Waals surface area (Å²) in [5, 5.41) is 42.1. The van der Waals surface area contributed by atoms with E-state index in [4.69, 9.17) is 13.9 Å². The van der Waals surface area contributed by atoms with E-state index in [-0.39, 0.29) is 18.2 Å². The Labute approximate surface area is 158 Å². The van der Waals surface area contributed by atoms with Crippen LogP contribution in [0.1, 0.15) is 12.0 Å². The molecule has 150 valence electrons. The molecule has 12 heteroatoms. The largest absolute Gasteiger partial charge is 0.502 e. The van der Waals surface area contributed by atoms with Crippen molar-refractivity contribution in [3.05, 3.63) is 24.5 Å². The van der Waals surface area contributed by atoms with E-state index in [1.165, 1.54) is 30.4 Å². The minimum Gasteiger partial charge on any atom is -0.502 e. The number of methoxy groups -OCH3 is 1. The van der Waals surface area contributed by atoms with Crippen LogP contribution in [-0.4, -0.2) is 72.0 Å². The number of aromatic nitrogens is 4. The summed E-state index contributed by atoms with van der Waals surface area (Å²) in [6.07, 6.45) is -1.62. The molecule has 1 saturated heterocycles. The third-order valence-corrected chi connectivity index (χ3v) is 4.50. The maximum absolute atomic E-state index is 10.2. The van der Waals surface area contributed by atoms with Crippen LogP contribution in [0.15, 0.2) is 23.1 Å². The molecule has 4 atom stereocenters. The number of anilines is 1. The van der Waals surface area contributed by atoms with Crippen molar-refractivity contribution in [3.63, 3.8) is 0 Å². The quantitative estimate of drug-likeness (QED) is 0.361. The molecule has 4 rings (SSSR count). The predicted octanol–water partition coefficient (Wildman–Crippen LogP) is -0.643. The number of ether oxygens (including phenoxy) is 2. The SMILES string of the molecule is COc1oc(CNc2ncnc3c2ncn3C2O[C@H](CO)[C@@H](O)[C@@H]2O)cc1O. The number of hydrogen-bond acceptors (Lipinski definition) is 11. The molecule has 0 aromatic carbocycles. The van der Waals surface area contributed by atoms with Gasteiger partial charge in [-0.2, -0.15) is 0 Å². The number of rotatable bonds is 6. The summed E-state index contributed by atoms with van der Waals surface area (Å²) < 4.78 is 17.2. The zero-order valence-corrected chi connectivity index (χ0v) is 14.8. The van der Waals surface area contributed by atoms with E-state index in [0.717, 1.165) is 0 Å². The molecule has 28 heavy (non-hydrogen) atoms. The monoisotopic (exact) mass is 393 g/mol. The molecule has 1 aliphatic rings. The van der Waals surface area contributed by atoms with E-state index in [1.54, 1.807) is 0 Å². The molecule has 12 nitrogen and oxygen atoms in total. The summed E-state index contributed by atoms with van der Waals surface area (Å²) >= 11 is 0. The van der Waals surface area contributed by atoms with Gasteiger partial charge in [-0.05, 0) is 0 Å². The Kier molecular flexibility index (Phi) is 4.77. The van der Waals surface area contributed by atoms with Crippen LogP contribution >= 0.6 is 0 Å². The van der Waals surface area contributed by atoms with Crippen molar-refractivity contribution in [3.8, 4) is 11.7 Å². The van der Waals surface area contributed by atoms with Gasteiger partial charge in [0.25, 0.3) is 0 Å². The minimum absolute atomic E-state index is 0.0123. The highest BCUT2D eigenvalue weighted by Crippen LogP contribution is 2.33. The number of aliphatic hydroxyl groups excluding tert-OH is 3. The van der Waals surface area contributed by atoms with Gasteiger partial charge in [-0.3, -0.25) is 4.57 Å². The average molecular weight is 393 g/mol. The number of imidazole rings is 1. The predicted molar refractivity (Wildman–Crippen MR) is 92.6 cm³/mol. The van der Waals surface area contributed by atoms with Crippen LogP contribution in [0.25, 0.3) is 11.2 Å². The molecule has 3 aromatic rings. The molecule has 3 aromatic heterocycles. The minimum atomic E-state index is -1.25. The Balaban J connectivity index is 1.58. The number of nitrogens with zero attached hydrogens (tertiary/aromatic N) is 4. The van der Waals surface area contributed by atoms with E-state index in [2.05, 4.69) is 20.3 Å². The second kappa shape index (κ2) is 7.24. The normalized spacial score (nSPS) is 24.7. The van der Waals surface area contributed by atoms with E-state index in [0.29, 0.717) is 22.7 Å². The summed E-state index contributed by atoms with van der Waals surface area (Å²) in [6.45, 7) is -0.230. The number of aromatic hydroxyl groups is 1. The highest BCUT2D eigenvalue weighted by atomic mass is 16.6. The lowest BCUT2D eigenvalue weighted by Crippen LogP contribution is -2.33. The van der Waals surface area contributed by atoms with Crippen molar-refractivity contribution < 1.29 is 34.3 Å². The van der Waals surface area contributed by atoms with Crippen molar-refractivity contribution >= 4 is 17.0 Å². The van der Waals surface area contributed by atoms with Gasteiger partial charge in [0, 0.05) is 6.07 Å². The van der Waals surface area contributed by atoms with E-state index < -0.39 is 31.1 Å². The summed E-state index contributed by atoms with van der Waals surface area (Å²) in [4.78, 5) is 12.6. The molecule has 0 aliphatic carbocycles. The van der Waals surface area contributed by atoms with Gasteiger partial charge in [-0.25, -0.2) is 15.0 Å². The molecule has 1 unspecified atom stereocenters. The van der Waals surface area contributed by atoms with Gasteiger partial charge in [0.05, 0.1) is 26.6 Å². The number of furan rings is 1. The first-order chi connectivity index (χ1) is 13.5. The fraction of sp³-hybridized carbons (Fsp3) is 0.438. The lowest BCUT2D eigenvalue weighted by Gasteiger charge is -2.16. The molecule has 0 amide bonds. The highest BCUT2D eigenvalue weighted by molar-refractivity contribution is 5.82. The van der Waals surface area contributed by atoms with Gasteiger partial charge >= 0.3 is 5.95 Å². The van der Waals surface area contributed by atoms with Crippen LogP contribution in [0.4, 0.5) is 5.82 Å². The first kappa shape index (κ1) is 18.4. The molecule has 0 bridgehead atoms. The van der Waals surface area contributed by atoms with Gasteiger partial charge in [0.1, 0.15) is 30.4 Å². The summed E-state index contributed by atoms with van der Waals surface area (Å²) in [5.41, 5.74) is 0.773. The van der Waals surface area contributed by atoms with Crippen molar-refractivity contribution in [1.29, 1.82) is 0 Å². The maximum Gasteiger partial charge on any atom is 0.328 e. The Hall–Kier alpha value is -2.93. The van der Waals surface area contributed by atoms with Gasteiger partial charge < -0.3 is 39.6 Å². The topological polar surface area (TPSA) is 168 Å². The lowest BCUT2D eigenvalue weighted by molar-refractivity contribution is -0.0511. The fourth-order valence-corrected chi connectivity index (χ4v) is 3.09. The average Bonchev–Trinajstić information content (AvgIpc) is 3.36. The van der Waals surface area contributed by atoms with Gasteiger partial charge in [0.2, 0.25) is 5.75 Å². The molecule has 1 aliphatic heterocycles. The molecular formula is C16H19N5O7. The van der Waals surface area contributed by atoms with Crippen LogP contribution in [0.2, 0.25) is 0 Å².